The Morgan fingerprint density at radius 2 is 2.29 bits per heavy atom. The number of carboxylic acid groups (broad SMARTS) is 1. The van der Waals surface area contributed by atoms with Crippen LogP contribution in [-0.4, -0.2) is 38.9 Å². The maximum atomic E-state index is 10.9. The van der Waals surface area contributed by atoms with Gasteiger partial charge in [-0.15, -0.1) is 10.2 Å². The number of nitrogens with zero attached hydrogens (tertiary/aromatic N) is 3. The van der Waals surface area contributed by atoms with Crippen LogP contribution < -0.4 is 5.73 Å². The van der Waals surface area contributed by atoms with Crippen LogP contribution in [0.1, 0.15) is 19.0 Å². The summed E-state index contributed by atoms with van der Waals surface area (Å²) in [5.74, 6) is 0.380. The topological polar surface area (TPSA) is 92.3 Å². The van der Waals surface area contributed by atoms with Crippen molar-refractivity contribution in [1.82, 2.24) is 15.1 Å². The van der Waals surface area contributed by atoms with Gasteiger partial charge in [-0.3, -0.25) is 0 Å². The molecule has 1 atom stereocenters. The van der Waals surface area contributed by atoms with E-state index in [2.05, 4.69) is 10.2 Å². The molecule has 0 saturated heterocycles. The van der Waals surface area contributed by atoms with Crippen LogP contribution in [0.15, 0.2) is 18.2 Å². The molecule has 1 aromatic rings. The molecule has 6 heteroatoms. The zero-order chi connectivity index (χ0) is 12.4. The minimum absolute atomic E-state index is 0.0492. The minimum atomic E-state index is -0.892. The highest BCUT2D eigenvalue weighted by molar-refractivity contribution is 5.70. The number of amides is 1. The number of hydrogen-bond acceptors (Lipinski definition) is 4. The van der Waals surface area contributed by atoms with Crippen molar-refractivity contribution in [3.8, 4) is 0 Å². The molecule has 3 N–H and O–H groups in total. The summed E-state index contributed by atoms with van der Waals surface area (Å²) in [6.07, 6.45) is 1.62. The van der Waals surface area contributed by atoms with Crippen LogP contribution in [0.3, 0.4) is 0 Å². The Hall–Kier alpha value is -2.11. The van der Waals surface area contributed by atoms with Gasteiger partial charge in [-0.05, 0) is 31.1 Å². The average Bonchev–Trinajstić information content (AvgIpc) is 2.29. The Morgan fingerprint density at radius 1 is 1.53 bits per heavy atom. The number of nitrogens with two attached hydrogens (primary N) is 1. The summed E-state index contributed by atoms with van der Waals surface area (Å²) in [5, 5.41) is 16.7. The van der Waals surface area contributed by atoms with Crippen LogP contribution in [0.5, 0.6) is 0 Å². The van der Waals surface area contributed by atoms with Gasteiger partial charge in [0, 0.05) is 12.6 Å². The molecular weight excluding hydrogens is 220 g/mol. The van der Waals surface area contributed by atoms with Gasteiger partial charge in [0.05, 0.1) is 5.69 Å². The van der Waals surface area contributed by atoms with E-state index in [0.717, 1.165) is 11.3 Å². The van der Waals surface area contributed by atoms with Crippen molar-refractivity contribution < 1.29 is 9.90 Å². The van der Waals surface area contributed by atoms with Crippen LogP contribution in [0.2, 0.25) is 0 Å². The second-order valence-electron chi connectivity index (χ2n) is 4.06. The molecule has 0 bridgehead atoms. The monoisotopic (exact) mass is 234 g/mol. The van der Waals surface area contributed by atoms with Crippen molar-refractivity contribution in [2.45, 2.75) is 19.4 Å². The number of hydrogen-bond donors (Lipinski definition) is 2. The predicted octanol–water partition coefficient (Wildman–Crippen LogP) is 1.21. The van der Waals surface area contributed by atoms with Gasteiger partial charge in [0.15, 0.2) is 0 Å². The first kappa shape index (κ1) is 11.4. The fourth-order valence-corrected chi connectivity index (χ4v) is 1.89. The number of aromatic nitrogens is 2. The Morgan fingerprint density at radius 3 is 2.82 bits per heavy atom. The standard InChI is InChI=1S/C11H14N4O2/c1-7-6-8(4-5-15(7)11(16)17)9-2-3-10(12)14-13-9/h2-4,7H,5-6H2,1H3,(H2,12,14)(H,16,17). The lowest BCUT2D eigenvalue weighted by atomic mass is 9.99. The van der Waals surface area contributed by atoms with Crippen molar-refractivity contribution in [3.63, 3.8) is 0 Å². The highest BCUT2D eigenvalue weighted by Gasteiger charge is 2.24. The van der Waals surface area contributed by atoms with Crippen LogP contribution in [0.25, 0.3) is 5.57 Å². The molecule has 2 heterocycles. The lowest BCUT2D eigenvalue weighted by Crippen LogP contribution is -2.40. The molecule has 2 rings (SSSR count). The number of carbonyl (C=O) groups is 1. The van der Waals surface area contributed by atoms with Crippen LogP contribution in [0.4, 0.5) is 10.6 Å². The van der Waals surface area contributed by atoms with E-state index in [9.17, 15) is 4.79 Å². The van der Waals surface area contributed by atoms with Gasteiger partial charge < -0.3 is 15.7 Å². The molecule has 1 aliphatic rings. The fourth-order valence-electron chi connectivity index (χ4n) is 1.89. The quantitative estimate of drug-likeness (QED) is 0.762. The Balaban J connectivity index is 2.19. The smallest absolute Gasteiger partial charge is 0.407 e. The molecule has 90 valence electrons. The van der Waals surface area contributed by atoms with Crippen molar-refractivity contribution in [2.75, 3.05) is 12.3 Å². The summed E-state index contributed by atoms with van der Waals surface area (Å²) in [6, 6.07) is 3.45. The van der Waals surface area contributed by atoms with Crippen molar-refractivity contribution in [2.24, 2.45) is 0 Å². The average molecular weight is 234 g/mol. The summed E-state index contributed by atoms with van der Waals surface area (Å²) >= 11 is 0. The van der Waals surface area contributed by atoms with Crippen LogP contribution in [0, 0.1) is 0 Å². The lowest BCUT2D eigenvalue weighted by molar-refractivity contribution is 0.133. The molecule has 1 aromatic heterocycles. The fraction of sp³-hybridized carbons (Fsp3) is 0.364. The van der Waals surface area contributed by atoms with E-state index in [-0.39, 0.29) is 6.04 Å². The summed E-state index contributed by atoms with van der Waals surface area (Å²) in [6.45, 7) is 2.27. The summed E-state index contributed by atoms with van der Waals surface area (Å²) in [5.41, 5.74) is 7.24. The highest BCUT2D eigenvalue weighted by Crippen LogP contribution is 2.24. The molecule has 0 aliphatic carbocycles. The molecule has 0 aromatic carbocycles. The largest absolute Gasteiger partial charge is 0.465 e. The van der Waals surface area contributed by atoms with Gasteiger partial charge in [0.25, 0.3) is 0 Å². The first-order valence-corrected chi connectivity index (χ1v) is 5.36. The summed E-state index contributed by atoms with van der Waals surface area (Å²) in [4.78, 5) is 12.3. The van der Waals surface area contributed by atoms with E-state index in [1.807, 2.05) is 13.0 Å². The van der Waals surface area contributed by atoms with E-state index in [1.165, 1.54) is 4.90 Å². The number of anilines is 1. The van der Waals surface area contributed by atoms with E-state index in [1.54, 1.807) is 12.1 Å². The third-order valence-corrected chi connectivity index (χ3v) is 2.84. The first-order valence-electron chi connectivity index (χ1n) is 5.36. The first-order chi connectivity index (χ1) is 8.08. The Kier molecular flexibility index (Phi) is 2.95. The predicted molar refractivity (Wildman–Crippen MR) is 63.2 cm³/mol. The molecule has 17 heavy (non-hydrogen) atoms. The van der Waals surface area contributed by atoms with Gasteiger partial charge in [-0.2, -0.15) is 0 Å². The maximum absolute atomic E-state index is 10.9. The molecule has 1 aliphatic heterocycles. The third-order valence-electron chi connectivity index (χ3n) is 2.84. The molecule has 6 nitrogen and oxygen atoms in total. The van der Waals surface area contributed by atoms with E-state index < -0.39 is 6.09 Å². The zero-order valence-electron chi connectivity index (χ0n) is 9.50. The number of nitrogen functional groups attached to an aromatic ring is 1. The highest BCUT2D eigenvalue weighted by atomic mass is 16.4. The zero-order valence-corrected chi connectivity index (χ0v) is 9.50. The van der Waals surface area contributed by atoms with Crippen molar-refractivity contribution in [1.29, 1.82) is 0 Å². The second kappa shape index (κ2) is 4.40. The maximum Gasteiger partial charge on any atom is 0.407 e. The molecule has 0 radical (unpaired) electrons. The van der Waals surface area contributed by atoms with Crippen molar-refractivity contribution >= 4 is 17.5 Å². The third kappa shape index (κ3) is 2.35. The second-order valence-corrected chi connectivity index (χ2v) is 4.06. The Bertz CT molecular complexity index is 455. The summed E-state index contributed by atoms with van der Waals surface area (Å²) < 4.78 is 0. The van der Waals surface area contributed by atoms with Gasteiger partial charge in [0.2, 0.25) is 0 Å². The normalized spacial score (nSPS) is 19.9. The molecule has 1 unspecified atom stereocenters. The van der Waals surface area contributed by atoms with Crippen LogP contribution in [-0.2, 0) is 0 Å². The van der Waals surface area contributed by atoms with Gasteiger partial charge in [-0.1, -0.05) is 6.08 Å². The van der Waals surface area contributed by atoms with Gasteiger partial charge >= 0.3 is 6.09 Å². The van der Waals surface area contributed by atoms with Gasteiger partial charge in [0.1, 0.15) is 5.82 Å². The number of rotatable bonds is 1. The SMILES string of the molecule is CC1CC(c2ccc(N)nn2)=CCN1C(=O)O. The Labute approximate surface area is 98.8 Å². The molecule has 1 amide bonds. The minimum Gasteiger partial charge on any atom is -0.465 e. The van der Waals surface area contributed by atoms with Crippen molar-refractivity contribution in [3.05, 3.63) is 23.9 Å². The van der Waals surface area contributed by atoms with E-state index in [4.69, 9.17) is 10.8 Å². The molecular formula is C11H14N4O2. The molecule has 0 fully saturated rings. The van der Waals surface area contributed by atoms with Crippen LogP contribution >= 0.6 is 0 Å². The van der Waals surface area contributed by atoms with E-state index >= 15 is 0 Å². The van der Waals surface area contributed by atoms with E-state index in [0.29, 0.717) is 18.8 Å². The molecule has 0 saturated carbocycles. The summed E-state index contributed by atoms with van der Waals surface area (Å²) in [7, 11) is 0. The molecule has 0 spiro atoms. The van der Waals surface area contributed by atoms with Gasteiger partial charge in [-0.25, -0.2) is 4.79 Å². The lowest BCUT2D eigenvalue weighted by Gasteiger charge is -2.30.